The van der Waals surface area contributed by atoms with E-state index in [1.165, 1.54) is 94.1 Å². The van der Waals surface area contributed by atoms with Crippen LogP contribution in [-0.4, -0.2) is 0 Å². The van der Waals surface area contributed by atoms with Crippen molar-refractivity contribution in [3.63, 3.8) is 0 Å². The zero-order valence-electron chi connectivity index (χ0n) is 23.4. The van der Waals surface area contributed by atoms with Gasteiger partial charge in [0.1, 0.15) is 0 Å². The highest BCUT2D eigenvalue weighted by Crippen LogP contribution is 2.62. The lowest BCUT2D eigenvalue weighted by Crippen LogP contribution is -2.48. The van der Waals surface area contributed by atoms with Gasteiger partial charge < -0.3 is 4.90 Å². The molecule has 0 spiro atoms. The van der Waals surface area contributed by atoms with Crippen molar-refractivity contribution in [2.45, 2.75) is 87.9 Å². The summed E-state index contributed by atoms with van der Waals surface area (Å²) in [5.41, 5.74) is 8.00. The topological polar surface area (TPSA) is 3.24 Å². The van der Waals surface area contributed by atoms with E-state index in [1.807, 2.05) is 0 Å². The Morgan fingerprint density at radius 2 is 0.692 bits per heavy atom. The fraction of sp³-hybridized carbons (Fsp3) is 0.526. The van der Waals surface area contributed by atoms with Gasteiger partial charge in [0, 0.05) is 17.1 Å². The number of hydrogen-bond donors (Lipinski definition) is 0. The molecule has 11 rings (SSSR count). The van der Waals surface area contributed by atoms with E-state index in [2.05, 4.69) is 83.8 Å². The predicted octanol–water partition coefficient (Wildman–Crippen LogP) is 10.1. The minimum absolute atomic E-state index is 0.463. The molecule has 0 aliphatic heterocycles. The summed E-state index contributed by atoms with van der Waals surface area (Å²) in [4.78, 5) is 2.48. The number of nitrogens with zero attached hydrogens (tertiary/aromatic N) is 1. The molecule has 0 amide bonds. The molecule has 8 aliphatic rings. The van der Waals surface area contributed by atoms with Gasteiger partial charge in [-0.05, 0) is 171 Å². The van der Waals surface area contributed by atoms with Gasteiger partial charge in [0.05, 0.1) is 0 Å². The maximum absolute atomic E-state index is 2.50. The summed E-state index contributed by atoms with van der Waals surface area (Å²) in [6.45, 7) is 0. The van der Waals surface area contributed by atoms with Crippen LogP contribution in [-0.2, 0) is 10.8 Å². The molecular weight excluding hydrogens is 470 g/mol. The lowest BCUT2D eigenvalue weighted by atomic mass is 9.48. The Morgan fingerprint density at radius 1 is 0.385 bits per heavy atom. The molecule has 8 fully saturated rings. The molecule has 0 unspecified atom stereocenters. The second-order valence-corrected chi connectivity index (χ2v) is 15.2. The molecular formula is C38H43N. The summed E-state index contributed by atoms with van der Waals surface area (Å²) in [6.07, 6.45) is 17.7. The van der Waals surface area contributed by atoms with Gasteiger partial charge in [-0.3, -0.25) is 0 Å². The van der Waals surface area contributed by atoms with Crippen LogP contribution < -0.4 is 4.90 Å². The SMILES string of the molecule is c1ccc(N(c2ccc(C34CC5CC(CC(C5)C3)C4)cc2)c2ccc(C34CC5CC(CC(C5)C3)C4)cc2)cc1. The van der Waals surface area contributed by atoms with Crippen LogP contribution in [0, 0.1) is 35.5 Å². The van der Waals surface area contributed by atoms with E-state index in [4.69, 9.17) is 0 Å². The summed E-state index contributed by atoms with van der Waals surface area (Å²) in [6, 6.07) is 30.7. The summed E-state index contributed by atoms with van der Waals surface area (Å²) >= 11 is 0. The molecule has 39 heavy (non-hydrogen) atoms. The molecule has 0 radical (unpaired) electrons. The molecule has 3 aromatic carbocycles. The van der Waals surface area contributed by atoms with Crippen LogP contribution in [0.3, 0.4) is 0 Å². The van der Waals surface area contributed by atoms with E-state index in [-0.39, 0.29) is 0 Å². The number of rotatable bonds is 5. The summed E-state index contributed by atoms with van der Waals surface area (Å²) in [5.74, 6) is 5.94. The standard InChI is InChI=1S/C38H43N/c1-2-4-34(5-3-1)39(35-10-6-32(7-11-35)37-20-26-14-27(21-37)16-28(15-26)22-37)36-12-8-33(9-13-36)38-23-29-17-30(24-38)19-31(18-29)25-38/h1-13,26-31H,14-25H2. The van der Waals surface area contributed by atoms with Gasteiger partial charge in [-0.25, -0.2) is 0 Å². The van der Waals surface area contributed by atoms with Crippen LogP contribution in [0.25, 0.3) is 0 Å². The fourth-order valence-corrected chi connectivity index (χ4v) is 11.9. The van der Waals surface area contributed by atoms with Gasteiger partial charge in [-0.15, -0.1) is 0 Å². The van der Waals surface area contributed by atoms with Crippen molar-refractivity contribution in [1.29, 1.82) is 0 Å². The normalized spacial score (nSPS) is 39.3. The lowest BCUT2D eigenvalue weighted by Gasteiger charge is -2.57. The van der Waals surface area contributed by atoms with Crippen molar-refractivity contribution >= 4 is 17.1 Å². The van der Waals surface area contributed by atoms with Crippen molar-refractivity contribution < 1.29 is 0 Å². The van der Waals surface area contributed by atoms with Crippen LogP contribution in [0.15, 0.2) is 78.9 Å². The van der Waals surface area contributed by atoms with E-state index in [1.54, 1.807) is 11.1 Å². The third kappa shape index (κ3) is 3.71. The summed E-state index contributed by atoms with van der Waals surface area (Å²) < 4.78 is 0. The van der Waals surface area contributed by atoms with Crippen molar-refractivity contribution in [2.24, 2.45) is 35.5 Å². The summed E-state index contributed by atoms with van der Waals surface area (Å²) in [5, 5.41) is 0. The van der Waals surface area contributed by atoms with E-state index >= 15 is 0 Å². The number of hydrogen-bond acceptors (Lipinski definition) is 1. The summed E-state index contributed by atoms with van der Waals surface area (Å²) in [7, 11) is 0. The van der Waals surface area contributed by atoms with Crippen LogP contribution in [0.2, 0.25) is 0 Å². The van der Waals surface area contributed by atoms with Gasteiger partial charge >= 0.3 is 0 Å². The van der Waals surface area contributed by atoms with Crippen LogP contribution in [0.5, 0.6) is 0 Å². The van der Waals surface area contributed by atoms with Crippen molar-refractivity contribution in [1.82, 2.24) is 0 Å². The van der Waals surface area contributed by atoms with Gasteiger partial charge in [-0.1, -0.05) is 42.5 Å². The molecule has 8 aliphatic carbocycles. The van der Waals surface area contributed by atoms with Crippen molar-refractivity contribution in [3.05, 3.63) is 90.0 Å². The second-order valence-electron chi connectivity index (χ2n) is 15.2. The number of anilines is 3. The van der Waals surface area contributed by atoms with Crippen molar-refractivity contribution in [2.75, 3.05) is 4.90 Å². The highest BCUT2D eigenvalue weighted by atomic mass is 15.1. The van der Waals surface area contributed by atoms with Crippen LogP contribution in [0.1, 0.15) is 88.2 Å². The first-order valence-corrected chi connectivity index (χ1v) is 16.2. The first-order valence-electron chi connectivity index (χ1n) is 16.2. The van der Waals surface area contributed by atoms with E-state index < -0.39 is 0 Å². The average molecular weight is 514 g/mol. The first-order chi connectivity index (χ1) is 19.1. The molecule has 8 bridgehead atoms. The van der Waals surface area contributed by atoms with E-state index in [9.17, 15) is 0 Å². The largest absolute Gasteiger partial charge is 0.311 e. The Hall–Kier alpha value is -2.54. The lowest BCUT2D eigenvalue weighted by molar-refractivity contribution is -0.00529. The zero-order valence-corrected chi connectivity index (χ0v) is 23.4. The number of para-hydroxylation sites is 1. The van der Waals surface area contributed by atoms with Gasteiger partial charge in [0.15, 0.2) is 0 Å². The minimum Gasteiger partial charge on any atom is -0.311 e. The Bertz CT molecular complexity index is 1190. The molecule has 0 atom stereocenters. The second kappa shape index (κ2) is 8.48. The molecule has 0 N–H and O–H groups in total. The maximum atomic E-state index is 2.50. The molecule has 200 valence electrons. The predicted molar refractivity (Wildman–Crippen MR) is 161 cm³/mol. The highest BCUT2D eigenvalue weighted by Gasteiger charge is 2.52. The molecule has 1 heteroatoms. The van der Waals surface area contributed by atoms with E-state index in [0.717, 1.165) is 35.5 Å². The molecule has 3 aromatic rings. The van der Waals surface area contributed by atoms with Crippen LogP contribution >= 0.6 is 0 Å². The average Bonchev–Trinajstić information content (AvgIpc) is 2.93. The zero-order chi connectivity index (χ0) is 25.6. The Kier molecular flexibility index (Phi) is 5.04. The van der Waals surface area contributed by atoms with Crippen LogP contribution in [0.4, 0.5) is 17.1 Å². The maximum Gasteiger partial charge on any atom is 0.0461 e. The Labute approximate surface area is 235 Å². The first kappa shape index (κ1) is 23.2. The quantitative estimate of drug-likeness (QED) is 0.328. The Balaban J connectivity index is 1.05. The third-order valence-electron chi connectivity index (χ3n) is 12.6. The molecule has 1 nitrogen and oxygen atoms in total. The fourth-order valence-electron chi connectivity index (χ4n) is 11.9. The highest BCUT2D eigenvalue weighted by molar-refractivity contribution is 5.76. The monoisotopic (exact) mass is 513 g/mol. The Morgan fingerprint density at radius 3 is 1.03 bits per heavy atom. The number of benzene rings is 3. The minimum atomic E-state index is 0.463. The molecule has 0 saturated heterocycles. The molecule has 8 saturated carbocycles. The smallest absolute Gasteiger partial charge is 0.0461 e. The van der Waals surface area contributed by atoms with Crippen molar-refractivity contribution in [3.8, 4) is 0 Å². The molecule has 0 heterocycles. The van der Waals surface area contributed by atoms with Gasteiger partial charge in [0.2, 0.25) is 0 Å². The van der Waals surface area contributed by atoms with Gasteiger partial charge in [0.25, 0.3) is 0 Å². The van der Waals surface area contributed by atoms with E-state index in [0.29, 0.717) is 10.8 Å². The molecule has 0 aromatic heterocycles. The van der Waals surface area contributed by atoms with Gasteiger partial charge in [-0.2, -0.15) is 0 Å². The third-order valence-corrected chi connectivity index (χ3v) is 12.6.